The largest absolute Gasteiger partial charge is 0.368 e. The molecule has 2 unspecified atom stereocenters. The average molecular weight is 414 g/mol. The highest BCUT2D eigenvalue weighted by molar-refractivity contribution is 5.92. The van der Waals surface area contributed by atoms with Gasteiger partial charge in [0, 0.05) is 19.9 Å². The molecule has 2 atom stereocenters. The maximum atomic E-state index is 12.1. The molecular weight excluding hydrogens is 378 g/mol. The second-order valence-electron chi connectivity index (χ2n) is 6.86. The normalized spacial score (nSPS) is 12.5. The van der Waals surface area contributed by atoms with Crippen LogP contribution in [0.25, 0.3) is 0 Å². The van der Waals surface area contributed by atoms with Gasteiger partial charge in [-0.2, -0.15) is 0 Å². The van der Waals surface area contributed by atoms with E-state index >= 15 is 0 Å². The van der Waals surface area contributed by atoms with E-state index < -0.39 is 18.0 Å². The molecule has 4 amide bonds. The molecule has 29 heavy (non-hydrogen) atoms. The van der Waals surface area contributed by atoms with Gasteiger partial charge in [-0.05, 0) is 32.2 Å². The van der Waals surface area contributed by atoms with Crippen LogP contribution in [0.15, 0.2) is 0 Å². The molecule has 0 aromatic carbocycles. The summed E-state index contributed by atoms with van der Waals surface area (Å²) in [5.74, 6) is -1.90. The number of carbonyl (C=O) groups is 5. The SMILES string of the molecule is CCCNCC(=O)NC(CCCNC(=O)CC(NC(C)=O)C(=O)CCC)C(N)=O. The van der Waals surface area contributed by atoms with Crippen molar-refractivity contribution in [3.63, 3.8) is 0 Å². The van der Waals surface area contributed by atoms with Crippen molar-refractivity contribution in [1.82, 2.24) is 21.3 Å². The number of hydrogen-bond acceptors (Lipinski definition) is 6. The number of carbonyl (C=O) groups excluding carboxylic acids is 5. The summed E-state index contributed by atoms with van der Waals surface area (Å²) in [6, 6.07) is -1.66. The van der Waals surface area contributed by atoms with Crippen molar-refractivity contribution in [1.29, 1.82) is 0 Å². The van der Waals surface area contributed by atoms with E-state index in [-0.39, 0.29) is 55.9 Å². The second-order valence-corrected chi connectivity index (χ2v) is 6.86. The Labute approximate surface area is 172 Å². The lowest BCUT2D eigenvalue weighted by Gasteiger charge is -2.17. The molecule has 0 bridgehead atoms. The standard InChI is InChI=1S/C19H35N5O5/c1-4-7-16(26)15(23-13(3)25)11-17(27)22-10-6-8-14(19(20)29)24-18(28)12-21-9-5-2/h14-15,21H,4-12H2,1-3H3,(H2,20,29)(H,22,27)(H,23,25)(H,24,28). The average Bonchev–Trinajstić information content (AvgIpc) is 2.63. The van der Waals surface area contributed by atoms with Crippen LogP contribution in [0.3, 0.4) is 0 Å². The Morgan fingerprint density at radius 3 is 2.14 bits per heavy atom. The first kappa shape index (κ1) is 26.5. The van der Waals surface area contributed by atoms with E-state index in [0.717, 1.165) is 6.42 Å². The number of rotatable bonds is 16. The molecule has 0 heterocycles. The van der Waals surface area contributed by atoms with Crippen molar-refractivity contribution in [2.75, 3.05) is 19.6 Å². The molecule has 166 valence electrons. The van der Waals surface area contributed by atoms with E-state index in [1.165, 1.54) is 6.92 Å². The molecule has 0 aliphatic carbocycles. The molecule has 10 heteroatoms. The highest BCUT2D eigenvalue weighted by atomic mass is 16.2. The smallest absolute Gasteiger partial charge is 0.240 e. The van der Waals surface area contributed by atoms with Crippen LogP contribution in [-0.4, -0.2) is 61.1 Å². The number of nitrogens with one attached hydrogen (secondary N) is 4. The van der Waals surface area contributed by atoms with Crippen molar-refractivity contribution in [2.45, 2.75) is 71.4 Å². The van der Waals surface area contributed by atoms with E-state index in [0.29, 0.717) is 19.4 Å². The summed E-state index contributed by atoms with van der Waals surface area (Å²) in [5, 5.41) is 10.6. The van der Waals surface area contributed by atoms with E-state index in [2.05, 4.69) is 21.3 Å². The summed E-state index contributed by atoms with van der Waals surface area (Å²) < 4.78 is 0. The van der Waals surface area contributed by atoms with Crippen LogP contribution in [0, 0.1) is 0 Å². The maximum absolute atomic E-state index is 12.1. The predicted octanol–water partition coefficient (Wildman–Crippen LogP) is -0.883. The first-order valence-electron chi connectivity index (χ1n) is 10.1. The minimum Gasteiger partial charge on any atom is -0.368 e. The number of amides is 4. The molecule has 0 rings (SSSR count). The van der Waals surface area contributed by atoms with Gasteiger partial charge in [0.15, 0.2) is 5.78 Å². The third kappa shape index (κ3) is 13.3. The Morgan fingerprint density at radius 2 is 1.59 bits per heavy atom. The topological polar surface area (TPSA) is 159 Å². The van der Waals surface area contributed by atoms with Crippen LogP contribution in [-0.2, 0) is 24.0 Å². The van der Waals surface area contributed by atoms with Gasteiger partial charge in [0.25, 0.3) is 0 Å². The number of nitrogens with two attached hydrogens (primary N) is 1. The minimum atomic E-state index is -0.847. The zero-order valence-corrected chi connectivity index (χ0v) is 17.6. The van der Waals surface area contributed by atoms with E-state index in [4.69, 9.17) is 5.73 Å². The summed E-state index contributed by atoms with van der Waals surface area (Å²) in [7, 11) is 0. The van der Waals surface area contributed by atoms with Crippen molar-refractivity contribution in [3.05, 3.63) is 0 Å². The molecule has 6 N–H and O–H groups in total. The summed E-state index contributed by atoms with van der Waals surface area (Å²) in [5.41, 5.74) is 5.32. The first-order chi connectivity index (χ1) is 13.7. The molecule has 0 radical (unpaired) electrons. The van der Waals surface area contributed by atoms with Crippen molar-refractivity contribution in [2.24, 2.45) is 5.73 Å². The van der Waals surface area contributed by atoms with Crippen molar-refractivity contribution >= 4 is 29.4 Å². The van der Waals surface area contributed by atoms with Crippen LogP contribution < -0.4 is 27.0 Å². The molecule has 0 aromatic heterocycles. The molecule has 0 aliphatic rings. The molecule has 0 fully saturated rings. The van der Waals surface area contributed by atoms with Gasteiger partial charge in [0.05, 0.1) is 19.0 Å². The fourth-order valence-electron chi connectivity index (χ4n) is 2.61. The fourth-order valence-corrected chi connectivity index (χ4v) is 2.61. The minimum absolute atomic E-state index is 0.102. The Kier molecular flexibility index (Phi) is 14.1. The second kappa shape index (κ2) is 15.4. The molecule has 0 spiro atoms. The zero-order valence-electron chi connectivity index (χ0n) is 17.6. The van der Waals surface area contributed by atoms with Gasteiger partial charge in [-0.15, -0.1) is 0 Å². The predicted molar refractivity (Wildman–Crippen MR) is 109 cm³/mol. The molecule has 0 aliphatic heterocycles. The molecule has 10 nitrogen and oxygen atoms in total. The van der Waals surface area contributed by atoms with Crippen LogP contribution in [0.4, 0.5) is 0 Å². The third-order valence-electron chi connectivity index (χ3n) is 4.03. The Bertz CT molecular complexity index is 567. The lowest BCUT2D eigenvalue weighted by Crippen LogP contribution is -2.47. The van der Waals surface area contributed by atoms with Gasteiger partial charge in [0.1, 0.15) is 6.04 Å². The van der Waals surface area contributed by atoms with Gasteiger partial charge in [0.2, 0.25) is 23.6 Å². The van der Waals surface area contributed by atoms with Gasteiger partial charge >= 0.3 is 0 Å². The van der Waals surface area contributed by atoms with Gasteiger partial charge in [-0.25, -0.2) is 0 Å². The number of ketones is 1. The first-order valence-corrected chi connectivity index (χ1v) is 10.1. The van der Waals surface area contributed by atoms with Crippen LogP contribution >= 0.6 is 0 Å². The highest BCUT2D eigenvalue weighted by Gasteiger charge is 2.22. The quantitative estimate of drug-likeness (QED) is 0.207. The summed E-state index contributed by atoms with van der Waals surface area (Å²) in [6.45, 7) is 6.16. The van der Waals surface area contributed by atoms with Crippen molar-refractivity contribution in [3.8, 4) is 0 Å². The van der Waals surface area contributed by atoms with Gasteiger partial charge < -0.3 is 27.0 Å². The van der Waals surface area contributed by atoms with E-state index in [1.54, 1.807) is 0 Å². The Morgan fingerprint density at radius 1 is 0.897 bits per heavy atom. The van der Waals surface area contributed by atoms with E-state index in [9.17, 15) is 24.0 Å². The van der Waals surface area contributed by atoms with Crippen LogP contribution in [0.5, 0.6) is 0 Å². The molecule has 0 aromatic rings. The number of hydrogen-bond donors (Lipinski definition) is 5. The number of Topliss-reactive ketones (excluding diaryl/α,β-unsaturated/α-hetero) is 1. The maximum Gasteiger partial charge on any atom is 0.240 e. The molecular formula is C19H35N5O5. The van der Waals surface area contributed by atoms with Gasteiger partial charge in [-0.3, -0.25) is 24.0 Å². The third-order valence-corrected chi connectivity index (χ3v) is 4.03. The summed E-state index contributed by atoms with van der Waals surface area (Å²) >= 11 is 0. The van der Waals surface area contributed by atoms with Crippen LogP contribution in [0.2, 0.25) is 0 Å². The summed E-state index contributed by atoms with van der Waals surface area (Å²) in [4.78, 5) is 58.6. The molecule has 0 saturated heterocycles. The highest BCUT2D eigenvalue weighted by Crippen LogP contribution is 2.02. The summed E-state index contributed by atoms with van der Waals surface area (Å²) in [6.07, 6.45) is 2.35. The Balaban J connectivity index is 4.36. The van der Waals surface area contributed by atoms with Crippen molar-refractivity contribution < 1.29 is 24.0 Å². The number of primary amides is 1. The molecule has 0 saturated carbocycles. The zero-order chi connectivity index (χ0) is 22.2. The fraction of sp³-hybridized carbons (Fsp3) is 0.737. The lowest BCUT2D eigenvalue weighted by atomic mass is 10.0. The Hall–Kier alpha value is -2.49. The van der Waals surface area contributed by atoms with Crippen LogP contribution in [0.1, 0.15) is 59.3 Å². The monoisotopic (exact) mass is 413 g/mol. The van der Waals surface area contributed by atoms with E-state index in [1.807, 2.05) is 13.8 Å². The van der Waals surface area contributed by atoms with Gasteiger partial charge in [-0.1, -0.05) is 13.8 Å². The lowest BCUT2D eigenvalue weighted by molar-refractivity contribution is -0.130.